The van der Waals surface area contributed by atoms with Crippen molar-refractivity contribution in [3.63, 3.8) is 0 Å². The Labute approximate surface area is 162 Å². The van der Waals surface area contributed by atoms with E-state index in [1.807, 2.05) is 6.20 Å². The second-order valence-corrected chi connectivity index (χ2v) is 9.14. The van der Waals surface area contributed by atoms with Crippen molar-refractivity contribution in [2.45, 2.75) is 33.1 Å². The molecule has 2 aromatic carbocycles. The number of nitrogens with zero attached hydrogens (tertiary/aromatic N) is 1. The van der Waals surface area contributed by atoms with Gasteiger partial charge in [0.05, 0.1) is 5.69 Å². The van der Waals surface area contributed by atoms with Crippen LogP contribution >= 0.6 is 11.3 Å². The minimum Gasteiger partial charge on any atom is -0.455 e. The first kappa shape index (κ1) is 16.5. The Bertz CT molecular complexity index is 1320. The largest absolute Gasteiger partial charge is 0.455 e. The lowest BCUT2D eigenvalue weighted by Crippen LogP contribution is -2.13. The van der Waals surface area contributed by atoms with Crippen molar-refractivity contribution in [2.24, 2.45) is 0 Å². The molecule has 0 aliphatic heterocycles. The number of thiophene rings is 1. The maximum absolute atomic E-state index is 6.43. The molecule has 5 rings (SSSR count). The molecule has 0 radical (unpaired) electrons. The molecule has 3 heteroatoms. The van der Waals surface area contributed by atoms with Gasteiger partial charge in [0.25, 0.3) is 0 Å². The fraction of sp³-hybridized carbons (Fsp3) is 0.208. The third-order valence-electron chi connectivity index (χ3n) is 5.28. The number of pyridine rings is 1. The first-order valence-electron chi connectivity index (χ1n) is 9.22. The van der Waals surface area contributed by atoms with Crippen LogP contribution in [0.3, 0.4) is 0 Å². The molecular weight excluding hydrogens is 350 g/mol. The molecule has 0 saturated heterocycles. The van der Waals surface area contributed by atoms with Gasteiger partial charge < -0.3 is 4.42 Å². The summed E-state index contributed by atoms with van der Waals surface area (Å²) >= 11 is 1.75. The number of hydrogen-bond acceptors (Lipinski definition) is 3. The van der Waals surface area contributed by atoms with Gasteiger partial charge in [0, 0.05) is 32.6 Å². The molecule has 0 aliphatic carbocycles. The van der Waals surface area contributed by atoms with Gasteiger partial charge in [-0.2, -0.15) is 0 Å². The molecule has 0 fully saturated rings. The number of benzene rings is 2. The molecule has 27 heavy (non-hydrogen) atoms. The van der Waals surface area contributed by atoms with Gasteiger partial charge in [0.1, 0.15) is 11.2 Å². The highest BCUT2D eigenvalue weighted by atomic mass is 32.1. The Balaban J connectivity index is 1.83. The molecule has 0 saturated carbocycles. The van der Waals surface area contributed by atoms with Crippen molar-refractivity contribution in [1.29, 1.82) is 0 Å². The minimum atomic E-state index is 0.0758. The van der Waals surface area contributed by atoms with E-state index in [0.29, 0.717) is 0 Å². The van der Waals surface area contributed by atoms with E-state index in [1.165, 1.54) is 26.6 Å². The number of aryl methyl sites for hydroxylation is 1. The lowest BCUT2D eigenvalue weighted by Gasteiger charge is -2.22. The smallest absolute Gasteiger partial charge is 0.144 e. The van der Waals surface area contributed by atoms with Crippen molar-refractivity contribution in [3.8, 4) is 11.3 Å². The molecular formula is C24H21NOS. The fourth-order valence-corrected chi connectivity index (χ4v) is 4.77. The van der Waals surface area contributed by atoms with Crippen LogP contribution in [0.15, 0.2) is 58.5 Å². The Morgan fingerprint density at radius 1 is 0.926 bits per heavy atom. The summed E-state index contributed by atoms with van der Waals surface area (Å²) in [5.74, 6) is 0. The molecule has 134 valence electrons. The van der Waals surface area contributed by atoms with Gasteiger partial charge in [-0.1, -0.05) is 32.9 Å². The van der Waals surface area contributed by atoms with Crippen LogP contribution < -0.4 is 0 Å². The number of aromatic nitrogens is 1. The third-order valence-corrected chi connectivity index (χ3v) is 6.16. The molecule has 0 atom stereocenters. The highest BCUT2D eigenvalue weighted by Crippen LogP contribution is 2.40. The van der Waals surface area contributed by atoms with E-state index >= 15 is 0 Å². The number of rotatable bonds is 1. The van der Waals surface area contributed by atoms with E-state index in [0.717, 1.165) is 27.8 Å². The van der Waals surface area contributed by atoms with Gasteiger partial charge in [-0.3, -0.25) is 4.98 Å². The Morgan fingerprint density at radius 3 is 2.56 bits per heavy atom. The van der Waals surface area contributed by atoms with Crippen LogP contribution in [0.2, 0.25) is 0 Å². The molecule has 0 N–H and O–H groups in total. The van der Waals surface area contributed by atoms with Crippen molar-refractivity contribution in [1.82, 2.24) is 4.98 Å². The van der Waals surface area contributed by atoms with Gasteiger partial charge in [0.2, 0.25) is 0 Å². The molecule has 0 unspecified atom stereocenters. The summed E-state index contributed by atoms with van der Waals surface area (Å²) in [5, 5.41) is 5.62. The van der Waals surface area contributed by atoms with E-state index in [9.17, 15) is 0 Å². The van der Waals surface area contributed by atoms with Crippen LogP contribution in [0, 0.1) is 6.92 Å². The van der Waals surface area contributed by atoms with Gasteiger partial charge in [0.15, 0.2) is 0 Å². The summed E-state index contributed by atoms with van der Waals surface area (Å²) in [7, 11) is 0. The highest BCUT2D eigenvalue weighted by molar-refractivity contribution is 7.17. The van der Waals surface area contributed by atoms with E-state index in [1.54, 1.807) is 11.3 Å². The maximum atomic E-state index is 6.43. The van der Waals surface area contributed by atoms with Gasteiger partial charge in [-0.15, -0.1) is 11.3 Å². The van der Waals surface area contributed by atoms with E-state index in [-0.39, 0.29) is 5.41 Å². The lowest BCUT2D eigenvalue weighted by molar-refractivity contribution is 0.585. The minimum absolute atomic E-state index is 0.0758. The lowest BCUT2D eigenvalue weighted by atomic mass is 9.84. The zero-order chi connectivity index (χ0) is 18.8. The van der Waals surface area contributed by atoms with Gasteiger partial charge >= 0.3 is 0 Å². The normalized spacial score (nSPS) is 12.4. The number of fused-ring (bicyclic) bond motifs is 5. The zero-order valence-electron chi connectivity index (χ0n) is 16.0. The molecule has 5 aromatic rings. The first-order valence-corrected chi connectivity index (χ1v) is 10.1. The monoisotopic (exact) mass is 371 g/mol. The number of hydrogen-bond donors (Lipinski definition) is 0. The van der Waals surface area contributed by atoms with Crippen LogP contribution in [0.5, 0.6) is 0 Å². The Morgan fingerprint density at radius 2 is 1.74 bits per heavy atom. The zero-order valence-corrected chi connectivity index (χ0v) is 16.8. The molecule has 0 aliphatic rings. The van der Waals surface area contributed by atoms with Crippen LogP contribution in [0.1, 0.15) is 31.9 Å². The predicted octanol–water partition coefficient (Wildman–Crippen LogP) is 7.47. The van der Waals surface area contributed by atoms with Crippen LogP contribution in [0.4, 0.5) is 0 Å². The van der Waals surface area contributed by atoms with Crippen LogP contribution in [-0.2, 0) is 5.41 Å². The van der Waals surface area contributed by atoms with Crippen LogP contribution in [0.25, 0.3) is 43.3 Å². The first-order chi connectivity index (χ1) is 12.9. The molecule has 0 spiro atoms. The van der Waals surface area contributed by atoms with Gasteiger partial charge in [-0.05, 0) is 59.2 Å². The molecule has 0 bridgehead atoms. The molecule has 3 heterocycles. The van der Waals surface area contributed by atoms with Crippen molar-refractivity contribution >= 4 is 43.4 Å². The summed E-state index contributed by atoms with van der Waals surface area (Å²) in [6.07, 6.45) is 1.98. The van der Waals surface area contributed by atoms with Gasteiger partial charge in [-0.25, -0.2) is 0 Å². The highest BCUT2D eigenvalue weighted by Gasteiger charge is 2.20. The second-order valence-electron chi connectivity index (χ2n) is 8.19. The Hall–Kier alpha value is -2.65. The number of furan rings is 1. The molecule has 2 nitrogen and oxygen atoms in total. The van der Waals surface area contributed by atoms with Crippen molar-refractivity contribution in [2.75, 3.05) is 0 Å². The second kappa shape index (κ2) is 5.67. The SMILES string of the molecule is Cc1cnc(-c2cccc3c2oc2c4ccsc4ccc32)cc1C(C)(C)C. The summed E-state index contributed by atoms with van der Waals surface area (Å²) in [6.45, 7) is 8.86. The topological polar surface area (TPSA) is 26.0 Å². The average molecular weight is 372 g/mol. The molecule has 0 amide bonds. The summed E-state index contributed by atoms with van der Waals surface area (Å²) in [4.78, 5) is 4.74. The van der Waals surface area contributed by atoms with E-state index in [2.05, 4.69) is 75.5 Å². The van der Waals surface area contributed by atoms with Crippen molar-refractivity contribution in [3.05, 3.63) is 65.2 Å². The summed E-state index contributed by atoms with van der Waals surface area (Å²) < 4.78 is 7.69. The Kier molecular flexibility index (Phi) is 3.47. The standard InChI is InChI=1S/C24H21NOS/c1-14-13-25-20(12-19(14)24(2,3)4)17-7-5-6-15-16-8-9-21-18(10-11-27-21)23(16)26-22(15)17/h5-13H,1-4H3. The fourth-order valence-electron chi connectivity index (χ4n) is 3.98. The quantitative estimate of drug-likeness (QED) is 0.305. The maximum Gasteiger partial charge on any atom is 0.144 e. The predicted molar refractivity (Wildman–Crippen MR) is 116 cm³/mol. The summed E-state index contributed by atoms with van der Waals surface area (Å²) in [6, 6.07) is 15.1. The number of para-hydroxylation sites is 1. The third kappa shape index (κ3) is 2.49. The van der Waals surface area contributed by atoms with Crippen LogP contribution in [-0.4, -0.2) is 4.98 Å². The summed E-state index contributed by atoms with van der Waals surface area (Å²) in [5.41, 5.74) is 6.53. The molecule has 3 aromatic heterocycles. The average Bonchev–Trinajstić information content (AvgIpc) is 3.24. The van der Waals surface area contributed by atoms with E-state index < -0.39 is 0 Å². The van der Waals surface area contributed by atoms with Crippen molar-refractivity contribution < 1.29 is 4.42 Å². The van der Waals surface area contributed by atoms with E-state index in [4.69, 9.17) is 9.40 Å².